The van der Waals surface area contributed by atoms with Crippen LogP contribution in [0, 0.1) is 0 Å². The van der Waals surface area contributed by atoms with E-state index in [1.165, 1.54) is 21.1 Å². The van der Waals surface area contributed by atoms with Gasteiger partial charge in [0.2, 0.25) is 0 Å². The Balaban J connectivity index is 2.16. The van der Waals surface area contributed by atoms with Crippen molar-refractivity contribution in [3.63, 3.8) is 0 Å². The van der Waals surface area contributed by atoms with Crippen LogP contribution in [0.3, 0.4) is 0 Å². The van der Waals surface area contributed by atoms with E-state index in [9.17, 15) is 0 Å². The Morgan fingerprint density at radius 3 is 2.40 bits per heavy atom. The summed E-state index contributed by atoms with van der Waals surface area (Å²) in [5.41, 5.74) is 2.59. The van der Waals surface area contributed by atoms with Crippen LogP contribution in [0.5, 0.6) is 0 Å². The predicted molar refractivity (Wildman–Crippen MR) is 87.4 cm³/mol. The van der Waals surface area contributed by atoms with Crippen LogP contribution in [0.2, 0.25) is 0 Å². The van der Waals surface area contributed by atoms with Gasteiger partial charge in [0.1, 0.15) is 0 Å². The molecule has 2 nitrogen and oxygen atoms in total. The second-order valence-corrected chi connectivity index (χ2v) is 6.94. The van der Waals surface area contributed by atoms with Crippen molar-refractivity contribution in [1.82, 2.24) is 10.3 Å². The fourth-order valence-corrected chi connectivity index (χ4v) is 3.34. The fourth-order valence-electron chi connectivity index (χ4n) is 2.13. The zero-order valence-corrected chi connectivity index (χ0v) is 13.6. The maximum atomic E-state index is 4.86. The first-order chi connectivity index (χ1) is 9.56. The molecule has 1 aromatic heterocycles. The first kappa shape index (κ1) is 15.2. The highest BCUT2D eigenvalue weighted by atomic mass is 32.1. The van der Waals surface area contributed by atoms with E-state index >= 15 is 0 Å². The second kappa shape index (κ2) is 7.00. The number of aromatic nitrogens is 1. The molecule has 0 spiro atoms. The molecule has 0 amide bonds. The number of nitrogens with zero attached hydrogens (tertiary/aromatic N) is 1. The minimum atomic E-state index is 0.486. The van der Waals surface area contributed by atoms with E-state index in [0.29, 0.717) is 12.0 Å². The number of nitrogens with one attached hydrogen (secondary N) is 1. The predicted octanol–water partition coefficient (Wildman–Crippen LogP) is 4.36. The third kappa shape index (κ3) is 4.15. The lowest BCUT2D eigenvalue weighted by atomic mass is 10.1. The summed E-state index contributed by atoms with van der Waals surface area (Å²) in [6.07, 6.45) is 0.937. The topological polar surface area (TPSA) is 24.9 Å². The van der Waals surface area contributed by atoms with Crippen LogP contribution in [-0.4, -0.2) is 11.0 Å². The van der Waals surface area contributed by atoms with E-state index in [4.69, 9.17) is 4.98 Å². The zero-order valence-electron chi connectivity index (χ0n) is 12.8. The third-order valence-electron chi connectivity index (χ3n) is 3.19. The van der Waals surface area contributed by atoms with Crippen molar-refractivity contribution in [2.24, 2.45) is 0 Å². The number of hydrogen-bond acceptors (Lipinski definition) is 3. The van der Waals surface area contributed by atoms with Gasteiger partial charge < -0.3 is 5.32 Å². The van der Waals surface area contributed by atoms with Crippen LogP contribution in [-0.2, 0) is 13.0 Å². The Morgan fingerprint density at radius 2 is 1.80 bits per heavy atom. The molecular formula is C17H24N2S. The quantitative estimate of drug-likeness (QED) is 0.854. The molecule has 20 heavy (non-hydrogen) atoms. The fraction of sp³-hybridized carbons (Fsp3) is 0.471. The highest BCUT2D eigenvalue weighted by molar-refractivity contribution is 7.11. The molecule has 1 heterocycles. The molecule has 2 aromatic rings. The van der Waals surface area contributed by atoms with E-state index in [2.05, 4.69) is 63.3 Å². The molecule has 3 heteroatoms. The largest absolute Gasteiger partial charge is 0.310 e. The van der Waals surface area contributed by atoms with Crippen molar-refractivity contribution >= 4 is 11.3 Å². The standard InChI is InChI=1S/C17H24N2S/c1-12(2)17-15(11-18-13(3)4)20-16(19-17)10-14-8-6-5-7-9-14/h5-9,12-13,18H,10-11H2,1-4H3. The van der Waals surface area contributed by atoms with Crippen LogP contribution >= 0.6 is 11.3 Å². The first-order valence-electron chi connectivity index (χ1n) is 7.32. The third-order valence-corrected chi connectivity index (χ3v) is 4.26. The highest BCUT2D eigenvalue weighted by Gasteiger charge is 2.14. The zero-order chi connectivity index (χ0) is 14.5. The second-order valence-electron chi connectivity index (χ2n) is 5.77. The number of benzene rings is 1. The van der Waals surface area contributed by atoms with Crippen molar-refractivity contribution in [3.8, 4) is 0 Å². The van der Waals surface area contributed by atoms with Crippen LogP contribution in [0.4, 0.5) is 0 Å². The van der Waals surface area contributed by atoms with Gasteiger partial charge in [-0.15, -0.1) is 11.3 Å². The van der Waals surface area contributed by atoms with Gasteiger partial charge in [0, 0.05) is 23.9 Å². The SMILES string of the molecule is CC(C)NCc1sc(Cc2ccccc2)nc1C(C)C. The smallest absolute Gasteiger partial charge is 0.0975 e. The van der Waals surface area contributed by atoms with Crippen molar-refractivity contribution in [2.45, 2.75) is 52.6 Å². The molecule has 0 atom stereocenters. The molecule has 0 aliphatic rings. The van der Waals surface area contributed by atoms with Crippen molar-refractivity contribution in [2.75, 3.05) is 0 Å². The first-order valence-corrected chi connectivity index (χ1v) is 8.13. The molecule has 1 aromatic carbocycles. The van der Waals surface area contributed by atoms with Crippen LogP contribution < -0.4 is 5.32 Å². The van der Waals surface area contributed by atoms with Crippen molar-refractivity contribution in [1.29, 1.82) is 0 Å². The molecular weight excluding hydrogens is 264 g/mol. The van der Waals surface area contributed by atoms with Gasteiger partial charge in [-0.05, 0) is 11.5 Å². The monoisotopic (exact) mass is 288 g/mol. The summed E-state index contributed by atoms with van der Waals surface area (Å²) in [5.74, 6) is 0.486. The molecule has 1 N–H and O–H groups in total. The van der Waals surface area contributed by atoms with E-state index in [-0.39, 0.29) is 0 Å². The Kier molecular flexibility index (Phi) is 5.32. The normalized spacial score (nSPS) is 11.5. The van der Waals surface area contributed by atoms with Gasteiger partial charge in [-0.2, -0.15) is 0 Å². The lowest BCUT2D eigenvalue weighted by Crippen LogP contribution is -2.22. The van der Waals surface area contributed by atoms with Gasteiger partial charge in [-0.25, -0.2) is 4.98 Å². The van der Waals surface area contributed by atoms with Crippen LogP contribution in [0.25, 0.3) is 0 Å². The Hall–Kier alpha value is -1.19. The molecule has 0 aliphatic heterocycles. The number of hydrogen-bond donors (Lipinski definition) is 1. The lowest BCUT2D eigenvalue weighted by molar-refractivity contribution is 0.588. The van der Waals surface area contributed by atoms with Crippen LogP contribution in [0.15, 0.2) is 30.3 Å². The van der Waals surface area contributed by atoms with E-state index in [1.54, 1.807) is 0 Å². The number of thiazole rings is 1. The number of rotatable bonds is 6. The minimum absolute atomic E-state index is 0.486. The van der Waals surface area contributed by atoms with E-state index < -0.39 is 0 Å². The molecule has 2 rings (SSSR count). The van der Waals surface area contributed by atoms with Gasteiger partial charge in [0.25, 0.3) is 0 Å². The Bertz CT molecular complexity index is 529. The molecule has 0 unspecified atom stereocenters. The summed E-state index contributed by atoms with van der Waals surface area (Å²) in [4.78, 5) is 6.25. The summed E-state index contributed by atoms with van der Waals surface area (Å²) in [6.45, 7) is 9.74. The lowest BCUT2D eigenvalue weighted by Gasteiger charge is -2.09. The molecule has 0 aliphatic carbocycles. The van der Waals surface area contributed by atoms with Gasteiger partial charge in [0.05, 0.1) is 10.7 Å². The molecule has 108 valence electrons. The molecule has 0 fully saturated rings. The van der Waals surface area contributed by atoms with Gasteiger partial charge in [-0.1, -0.05) is 58.0 Å². The highest BCUT2D eigenvalue weighted by Crippen LogP contribution is 2.26. The maximum absolute atomic E-state index is 4.86. The summed E-state index contributed by atoms with van der Waals surface area (Å²) in [6, 6.07) is 11.1. The average Bonchev–Trinajstić information content (AvgIpc) is 2.81. The summed E-state index contributed by atoms with van der Waals surface area (Å²) >= 11 is 1.85. The maximum Gasteiger partial charge on any atom is 0.0975 e. The Morgan fingerprint density at radius 1 is 1.10 bits per heavy atom. The Labute approximate surface area is 126 Å². The van der Waals surface area contributed by atoms with Gasteiger partial charge in [-0.3, -0.25) is 0 Å². The summed E-state index contributed by atoms with van der Waals surface area (Å²) < 4.78 is 0. The van der Waals surface area contributed by atoms with Crippen molar-refractivity contribution < 1.29 is 0 Å². The van der Waals surface area contributed by atoms with Crippen LogP contribution in [0.1, 0.15) is 54.8 Å². The summed E-state index contributed by atoms with van der Waals surface area (Å²) in [5, 5.41) is 4.73. The molecule has 0 bridgehead atoms. The summed E-state index contributed by atoms with van der Waals surface area (Å²) in [7, 11) is 0. The van der Waals surface area contributed by atoms with Gasteiger partial charge >= 0.3 is 0 Å². The van der Waals surface area contributed by atoms with E-state index in [1.807, 2.05) is 11.3 Å². The minimum Gasteiger partial charge on any atom is -0.310 e. The van der Waals surface area contributed by atoms with Gasteiger partial charge in [0.15, 0.2) is 0 Å². The molecule has 0 saturated carbocycles. The van der Waals surface area contributed by atoms with Crippen molar-refractivity contribution in [3.05, 3.63) is 51.5 Å². The average molecular weight is 288 g/mol. The van der Waals surface area contributed by atoms with E-state index in [0.717, 1.165) is 13.0 Å². The molecule has 0 radical (unpaired) electrons. The molecule has 0 saturated heterocycles.